The van der Waals surface area contributed by atoms with Crippen molar-refractivity contribution in [1.82, 2.24) is 0 Å². The highest BCUT2D eigenvalue weighted by Gasteiger charge is 2.13. The summed E-state index contributed by atoms with van der Waals surface area (Å²) in [5.74, 6) is -0.263. The Labute approximate surface area is 112 Å². The van der Waals surface area contributed by atoms with Crippen LogP contribution in [0.1, 0.15) is 11.1 Å². The van der Waals surface area contributed by atoms with Gasteiger partial charge >= 0.3 is 0 Å². The van der Waals surface area contributed by atoms with Gasteiger partial charge in [-0.15, -0.1) is 0 Å². The fourth-order valence-corrected chi connectivity index (χ4v) is 2.70. The molecule has 2 rings (SSSR count). The molecule has 0 saturated heterocycles. The summed E-state index contributed by atoms with van der Waals surface area (Å²) in [4.78, 5) is 0.167. The first-order chi connectivity index (χ1) is 8.99. The van der Waals surface area contributed by atoms with E-state index in [2.05, 4.69) is 0 Å². The second-order valence-corrected chi connectivity index (χ2v) is 6.02. The summed E-state index contributed by atoms with van der Waals surface area (Å²) in [5.41, 5.74) is 1.45. The summed E-state index contributed by atoms with van der Waals surface area (Å²) in [6.07, 6.45) is 0. The molecule has 2 aromatic rings. The molecule has 19 heavy (non-hydrogen) atoms. The Kier molecular flexibility index (Phi) is 3.71. The molecule has 0 saturated carbocycles. The molecule has 0 fully saturated rings. The van der Waals surface area contributed by atoms with Crippen molar-refractivity contribution in [2.45, 2.75) is 11.8 Å². The minimum Gasteiger partial charge on any atom is -0.507 e. The number of aliphatic hydroxyl groups is 1. The predicted octanol–water partition coefficient (Wildman–Crippen LogP) is 3.33. The largest absolute Gasteiger partial charge is 0.507 e. The van der Waals surface area contributed by atoms with Crippen molar-refractivity contribution in [2.75, 3.05) is 0 Å². The Morgan fingerprint density at radius 1 is 1.00 bits per heavy atom. The highest BCUT2D eigenvalue weighted by molar-refractivity contribution is 7.94. The number of rotatable bonds is 3. The van der Waals surface area contributed by atoms with E-state index >= 15 is 0 Å². The topological polar surface area (TPSA) is 54.4 Å². The molecule has 0 heterocycles. The maximum absolute atomic E-state index is 12.1. The normalized spacial score (nSPS) is 12.4. The average Bonchev–Trinajstić information content (AvgIpc) is 2.40. The molecule has 0 spiro atoms. The van der Waals surface area contributed by atoms with Gasteiger partial charge < -0.3 is 5.11 Å². The van der Waals surface area contributed by atoms with E-state index in [4.69, 9.17) is 0 Å². The van der Waals surface area contributed by atoms with Gasteiger partial charge in [-0.3, -0.25) is 0 Å². The van der Waals surface area contributed by atoms with Crippen molar-refractivity contribution in [3.63, 3.8) is 0 Å². The number of benzene rings is 2. The van der Waals surface area contributed by atoms with E-state index in [1.54, 1.807) is 42.5 Å². The maximum Gasteiger partial charge on any atom is 0.203 e. The van der Waals surface area contributed by atoms with Crippen LogP contribution in [0.2, 0.25) is 0 Å². The molecular formula is C15H14O3S. The monoisotopic (exact) mass is 274 g/mol. The summed E-state index contributed by atoms with van der Waals surface area (Å²) in [7, 11) is -3.64. The van der Waals surface area contributed by atoms with Crippen LogP contribution in [-0.2, 0) is 9.84 Å². The van der Waals surface area contributed by atoms with Crippen LogP contribution in [-0.4, -0.2) is 13.5 Å². The lowest BCUT2D eigenvalue weighted by molar-refractivity contribution is 0.512. The van der Waals surface area contributed by atoms with Crippen molar-refractivity contribution in [2.24, 2.45) is 0 Å². The molecular weight excluding hydrogens is 260 g/mol. The average molecular weight is 274 g/mol. The molecule has 0 aromatic heterocycles. The quantitative estimate of drug-likeness (QED) is 0.873. The summed E-state index contributed by atoms with van der Waals surface area (Å²) in [6, 6.07) is 15.1. The molecule has 0 atom stereocenters. The molecule has 2 aromatic carbocycles. The van der Waals surface area contributed by atoms with Gasteiger partial charge in [0.15, 0.2) is 0 Å². The molecule has 1 N–H and O–H groups in total. The smallest absolute Gasteiger partial charge is 0.203 e. The second-order valence-electron chi connectivity index (χ2n) is 4.23. The fourth-order valence-electron chi connectivity index (χ4n) is 1.62. The highest BCUT2D eigenvalue weighted by Crippen LogP contribution is 2.18. The molecule has 0 unspecified atom stereocenters. The van der Waals surface area contributed by atoms with Crippen molar-refractivity contribution in [3.05, 3.63) is 71.1 Å². The maximum atomic E-state index is 12.1. The number of hydrogen-bond donors (Lipinski definition) is 1. The van der Waals surface area contributed by atoms with Crippen molar-refractivity contribution >= 4 is 15.6 Å². The van der Waals surface area contributed by atoms with Gasteiger partial charge in [-0.2, -0.15) is 0 Å². The van der Waals surface area contributed by atoms with E-state index in [1.165, 1.54) is 12.1 Å². The van der Waals surface area contributed by atoms with Gasteiger partial charge in [0.2, 0.25) is 9.84 Å². The second kappa shape index (κ2) is 5.28. The van der Waals surface area contributed by atoms with Crippen molar-refractivity contribution in [1.29, 1.82) is 0 Å². The van der Waals surface area contributed by atoms with E-state index < -0.39 is 9.84 Å². The van der Waals surface area contributed by atoms with Gasteiger partial charge in [-0.05, 0) is 19.1 Å². The molecule has 0 amide bonds. The van der Waals surface area contributed by atoms with Crippen LogP contribution in [0.15, 0.2) is 64.9 Å². The lowest BCUT2D eigenvalue weighted by Gasteiger charge is -2.02. The Morgan fingerprint density at radius 3 is 2.16 bits per heavy atom. The molecule has 3 nitrogen and oxygen atoms in total. The van der Waals surface area contributed by atoms with Gasteiger partial charge in [-0.25, -0.2) is 8.42 Å². The SMILES string of the molecule is Cc1ccc(S(=O)(=O)C=C(O)c2ccccc2)cc1. The van der Waals surface area contributed by atoms with Gasteiger partial charge in [0, 0.05) is 5.56 Å². The first-order valence-corrected chi connectivity index (χ1v) is 7.31. The van der Waals surface area contributed by atoms with Crippen LogP contribution in [0, 0.1) is 6.92 Å². The van der Waals surface area contributed by atoms with Crippen LogP contribution in [0.5, 0.6) is 0 Å². The van der Waals surface area contributed by atoms with E-state index in [1.807, 2.05) is 6.92 Å². The standard InChI is InChI=1S/C15H14O3S/c1-12-7-9-14(10-8-12)19(17,18)11-15(16)13-5-3-2-4-6-13/h2-11,16H,1H3. The molecule has 0 aliphatic carbocycles. The number of aliphatic hydroxyl groups excluding tert-OH is 1. The highest BCUT2D eigenvalue weighted by atomic mass is 32.2. The van der Waals surface area contributed by atoms with Crippen LogP contribution >= 0.6 is 0 Å². The summed E-state index contributed by atoms with van der Waals surface area (Å²) in [5, 5.41) is 10.7. The molecule has 0 radical (unpaired) electrons. The van der Waals surface area contributed by atoms with E-state index in [-0.39, 0.29) is 10.7 Å². The molecule has 4 heteroatoms. The first-order valence-electron chi connectivity index (χ1n) is 5.77. The molecule has 0 bridgehead atoms. The lowest BCUT2D eigenvalue weighted by Crippen LogP contribution is -1.98. The minimum atomic E-state index is -3.64. The zero-order valence-corrected chi connectivity index (χ0v) is 11.3. The van der Waals surface area contributed by atoms with Gasteiger partial charge in [-0.1, -0.05) is 48.0 Å². The fraction of sp³-hybridized carbons (Fsp3) is 0.0667. The number of aryl methyl sites for hydroxylation is 1. The Morgan fingerprint density at radius 2 is 1.58 bits per heavy atom. The van der Waals surface area contributed by atoms with Crippen molar-refractivity contribution in [3.8, 4) is 0 Å². The third-order valence-corrected chi connectivity index (χ3v) is 4.15. The van der Waals surface area contributed by atoms with E-state index in [9.17, 15) is 13.5 Å². The Balaban J connectivity index is 2.39. The zero-order chi connectivity index (χ0) is 13.9. The Hall–Kier alpha value is -2.07. The van der Waals surface area contributed by atoms with E-state index in [0.717, 1.165) is 11.0 Å². The van der Waals surface area contributed by atoms with Gasteiger partial charge in [0.1, 0.15) is 5.76 Å². The third-order valence-electron chi connectivity index (χ3n) is 2.69. The number of sulfone groups is 1. The predicted molar refractivity (Wildman–Crippen MR) is 75.4 cm³/mol. The molecule has 0 aliphatic rings. The molecule has 0 aliphatic heterocycles. The van der Waals surface area contributed by atoms with Crippen LogP contribution in [0.3, 0.4) is 0 Å². The summed E-state index contributed by atoms with van der Waals surface area (Å²) >= 11 is 0. The summed E-state index contributed by atoms with van der Waals surface area (Å²) in [6.45, 7) is 1.88. The molecule has 98 valence electrons. The lowest BCUT2D eigenvalue weighted by atomic mass is 10.2. The van der Waals surface area contributed by atoms with Gasteiger partial charge in [0.25, 0.3) is 0 Å². The zero-order valence-electron chi connectivity index (χ0n) is 10.4. The van der Waals surface area contributed by atoms with Gasteiger partial charge in [0.05, 0.1) is 10.3 Å². The first kappa shape index (κ1) is 13.4. The Bertz CT molecular complexity index is 684. The van der Waals surface area contributed by atoms with E-state index in [0.29, 0.717) is 5.56 Å². The van der Waals surface area contributed by atoms with Crippen molar-refractivity contribution < 1.29 is 13.5 Å². The number of hydrogen-bond acceptors (Lipinski definition) is 3. The van der Waals surface area contributed by atoms with Crippen LogP contribution in [0.4, 0.5) is 0 Å². The minimum absolute atomic E-state index is 0.167. The van der Waals surface area contributed by atoms with Crippen LogP contribution < -0.4 is 0 Å². The van der Waals surface area contributed by atoms with Crippen LogP contribution in [0.25, 0.3) is 5.76 Å². The summed E-state index contributed by atoms with van der Waals surface area (Å²) < 4.78 is 24.2. The third kappa shape index (κ3) is 3.23.